The third kappa shape index (κ3) is 5.45. The quantitative estimate of drug-likeness (QED) is 0.670. The Labute approximate surface area is 107 Å². The molecule has 2 amide bonds. The number of anilines is 2. The van der Waals surface area contributed by atoms with Crippen LogP contribution in [0.5, 0.6) is 0 Å². The second-order valence-electron chi connectivity index (χ2n) is 3.91. The van der Waals surface area contributed by atoms with Gasteiger partial charge in [0.05, 0.1) is 0 Å². The molecule has 1 aromatic rings. The predicted molar refractivity (Wildman–Crippen MR) is 72.5 cm³/mol. The van der Waals surface area contributed by atoms with E-state index in [0.29, 0.717) is 18.7 Å². The van der Waals surface area contributed by atoms with Gasteiger partial charge in [0.25, 0.3) is 0 Å². The van der Waals surface area contributed by atoms with Gasteiger partial charge in [-0.15, -0.1) is 0 Å². The van der Waals surface area contributed by atoms with Crippen molar-refractivity contribution >= 4 is 23.2 Å². The Balaban J connectivity index is 2.43. The maximum atomic E-state index is 11.5. The van der Waals surface area contributed by atoms with Crippen molar-refractivity contribution in [3.8, 4) is 0 Å². The molecule has 1 rings (SSSR count). The molecule has 0 aliphatic carbocycles. The van der Waals surface area contributed by atoms with Crippen LogP contribution in [-0.4, -0.2) is 24.9 Å². The van der Waals surface area contributed by atoms with E-state index < -0.39 is 0 Å². The van der Waals surface area contributed by atoms with Crippen LogP contribution in [0.2, 0.25) is 0 Å². The van der Waals surface area contributed by atoms with Gasteiger partial charge in [0.15, 0.2) is 0 Å². The van der Waals surface area contributed by atoms with Crippen molar-refractivity contribution in [3.63, 3.8) is 0 Å². The molecule has 0 spiro atoms. The second kappa shape index (κ2) is 7.45. The zero-order valence-electron chi connectivity index (χ0n) is 10.7. The molecule has 0 saturated carbocycles. The van der Waals surface area contributed by atoms with Crippen LogP contribution in [0.25, 0.3) is 0 Å². The van der Waals surface area contributed by atoms with Crippen LogP contribution in [0.1, 0.15) is 20.3 Å². The maximum Gasteiger partial charge on any atom is 0.225 e. The number of rotatable bonds is 6. The van der Waals surface area contributed by atoms with E-state index in [0.717, 1.165) is 12.2 Å². The molecule has 0 unspecified atom stereocenters. The summed E-state index contributed by atoms with van der Waals surface area (Å²) >= 11 is 0. The highest BCUT2D eigenvalue weighted by Crippen LogP contribution is 2.13. The zero-order valence-corrected chi connectivity index (χ0v) is 10.7. The minimum atomic E-state index is -0.113. The summed E-state index contributed by atoms with van der Waals surface area (Å²) in [5.74, 6) is -0.138. The highest BCUT2D eigenvalue weighted by molar-refractivity contribution is 5.92. The fourth-order valence-corrected chi connectivity index (χ4v) is 1.44. The van der Waals surface area contributed by atoms with Gasteiger partial charge in [0.1, 0.15) is 0 Å². The van der Waals surface area contributed by atoms with Crippen LogP contribution in [0.3, 0.4) is 0 Å². The fraction of sp³-hybridized carbons (Fsp3) is 0.385. The third-order valence-corrected chi connectivity index (χ3v) is 2.27. The molecule has 98 valence electrons. The summed E-state index contributed by atoms with van der Waals surface area (Å²) < 4.78 is 0. The molecule has 3 N–H and O–H groups in total. The second-order valence-corrected chi connectivity index (χ2v) is 3.91. The molecule has 0 aromatic heterocycles. The van der Waals surface area contributed by atoms with E-state index in [1.54, 1.807) is 24.3 Å². The Morgan fingerprint density at radius 1 is 1.06 bits per heavy atom. The Hall–Kier alpha value is -1.88. The molecular formula is C13H19N3O2. The van der Waals surface area contributed by atoms with Gasteiger partial charge >= 0.3 is 0 Å². The Morgan fingerprint density at radius 3 is 2.11 bits per heavy atom. The molecule has 0 atom stereocenters. The fourth-order valence-electron chi connectivity index (χ4n) is 1.44. The number of amides is 2. The van der Waals surface area contributed by atoms with Crippen LogP contribution >= 0.6 is 0 Å². The number of benzene rings is 1. The van der Waals surface area contributed by atoms with Crippen molar-refractivity contribution in [2.24, 2.45) is 0 Å². The monoisotopic (exact) mass is 249 g/mol. The smallest absolute Gasteiger partial charge is 0.225 e. The minimum absolute atomic E-state index is 0.0248. The van der Waals surface area contributed by atoms with Crippen LogP contribution < -0.4 is 16.0 Å². The molecular weight excluding hydrogens is 230 g/mol. The van der Waals surface area contributed by atoms with Crippen LogP contribution in [-0.2, 0) is 9.59 Å². The lowest BCUT2D eigenvalue weighted by molar-refractivity contribution is -0.116. The molecule has 0 aliphatic rings. The molecule has 0 aliphatic heterocycles. The number of carbonyl (C=O) groups excluding carboxylic acids is 2. The average molecular weight is 249 g/mol. The topological polar surface area (TPSA) is 70.2 Å². The first kappa shape index (κ1) is 14.2. The van der Waals surface area contributed by atoms with Crippen molar-refractivity contribution < 1.29 is 9.59 Å². The van der Waals surface area contributed by atoms with Crippen molar-refractivity contribution in [3.05, 3.63) is 24.3 Å². The lowest BCUT2D eigenvalue weighted by Crippen LogP contribution is -2.21. The Morgan fingerprint density at radius 2 is 1.61 bits per heavy atom. The van der Waals surface area contributed by atoms with E-state index in [1.165, 1.54) is 6.92 Å². The lowest BCUT2D eigenvalue weighted by atomic mass is 10.2. The Bertz CT molecular complexity index is 401. The maximum absolute atomic E-state index is 11.5. The molecule has 0 saturated heterocycles. The summed E-state index contributed by atoms with van der Waals surface area (Å²) in [5.41, 5.74) is 1.44. The van der Waals surface area contributed by atoms with Gasteiger partial charge < -0.3 is 16.0 Å². The van der Waals surface area contributed by atoms with Gasteiger partial charge in [-0.3, -0.25) is 9.59 Å². The van der Waals surface area contributed by atoms with Crippen molar-refractivity contribution in [1.82, 2.24) is 5.32 Å². The molecule has 0 radical (unpaired) electrons. The minimum Gasteiger partial charge on any atom is -0.326 e. The van der Waals surface area contributed by atoms with Crippen LogP contribution in [0.15, 0.2) is 24.3 Å². The largest absolute Gasteiger partial charge is 0.326 e. The van der Waals surface area contributed by atoms with E-state index in [-0.39, 0.29) is 11.8 Å². The highest BCUT2D eigenvalue weighted by Gasteiger charge is 2.02. The first-order chi connectivity index (χ1) is 8.61. The Kier molecular flexibility index (Phi) is 5.87. The number of hydrogen-bond donors (Lipinski definition) is 3. The third-order valence-electron chi connectivity index (χ3n) is 2.27. The van der Waals surface area contributed by atoms with Gasteiger partial charge in [-0.2, -0.15) is 0 Å². The molecule has 5 heteroatoms. The molecule has 5 nitrogen and oxygen atoms in total. The van der Waals surface area contributed by atoms with E-state index >= 15 is 0 Å². The number of nitrogens with one attached hydrogen (secondary N) is 3. The van der Waals surface area contributed by atoms with E-state index in [4.69, 9.17) is 0 Å². The highest BCUT2D eigenvalue weighted by atomic mass is 16.2. The standard InChI is InChI=1S/C13H19N3O2/c1-3-14-9-8-13(18)16-12-6-4-11(5-7-12)15-10(2)17/h4-7,14H,3,8-9H2,1-2H3,(H,15,17)(H,16,18). The van der Waals surface area contributed by atoms with Crippen molar-refractivity contribution in [1.29, 1.82) is 0 Å². The summed E-state index contributed by atoms with van der Waals surface area (Å²) in [6.07, 6.45) is 0.446. The van der Waals surface area contributed by atoms with Gasteiger partial charge in [-0.25, -0.2) is 0 Å². The normalized spacial score (nSPS) is 9.89. The van der Waals surface area contributed by atoms with E-state index in [1.807, 2.05) is 6.92 Å². The number of carbonyl (C=O) groups is 2. The van der Waals surface area contributed by atoms with Gasteiger partial charge in [0.2, 0.25) is 11.8 Å². The summed E-state index contributed by atoms with van der Waals surface area (Å²) in [6.45, 7) is 4.99. The van der Waals surface area contributed by atoms with E-state index in [9.17, 15) is 9.59 Å². The summed E-state index contributed by atoms with van der Waals surface area (Å²) in [4.78, 5) is 22.4. The molecule has 18 heavy (non-hydrogen) atoms. The van der Waals surface area contributed by atoms with Crippen LogP contribution in [0.4, 0.5) is 11.4 Å². The number of hydrogen-bond acceptors (Lipinski definition) is 3. The first-order valence-electron chi connectivity index (χ1n) is 6.00. The summed E-state index contributed by atoms with van der Waals surface area (Å²) in [6, 6.07) is 7.02. The summed E-state index contributed by atoms with van der Waals surface area (Å²) in [5, 5.41) is 8.54. The summed E-state index contributed by atoms with van der Waals surface area (Å²) in [7, 11) is 0. The van der Waals surface area contributed by atoms with Gasteiger partial charge in [0, 0.05) is 31.3 Å². The molecule has 0 bridgehead atoms. The van der Waals surface area contributed by atoms with E-state index in [2.05, 4.69) is 16.0 Å². The molecule has 0 heterocycles. The molecule has 1 aromatic carbocycles. The van der Waals surface area contributed by atoms with Crippen LogP contribution in [0, 0.1) is 0 Å². The lowest BCUT2D eigenvalue weighted by Gasteiger charge is -2.07. The van der Waals surface area contributed by atoms with Gasteiger partial charge in [-0.05, 0) is 30.8 Å². The SMILES string of the molecule is CCNCCC(=O)Nc1ccc(NC(C)=O)cc1. The zero-order chi connectivity index (χ0) is 13.4. The average Bonchev–Trinajstić information content (AvgIpc) is 2.31. The van der Waals surface area contributed by atoms with Crippen molar-refractivity contribution in [2.45, 2.75) is 20.3 Å². The molecule has 0 fully saturated rings. The van der Waals surface area contributed by atoms with Crippen molar-refractivity contribution in [2.75, 3.05) is 23.7 Å². The van der Waals surface area contributed by atoms with Gasteiger partial charge in [-0.1, -0.05) is 6.92 Å². The first-order valence-corrected chi connectivity index (χ1v) is 6.00. The predicted octanol–water partition coefficient (Wildman–Crippen LogP) is 1.58.